The second kappa shape index (κ2) is 7.86. The van der Waals surface area contributed by atoms with Crippen molar-refractivity contribution in [1.29, 1.82) is 0 Å². The van der Waals surface area contributed by atoms with Gasteiger partial charge in [0.1, 0.15) is 6.54 Å². The number of hydrogen-bond acceptors (Lipinski definition) is 2. The van der Waals surface area contributed by atoms with Gasteiger partial charge in [0.15, 0.2) is 0 Å². The fourth-order valence-corrected chi connectivity index (χ4v) is 2.03. The van der Waals surface area contributed by atoms with Crippen LogP contribution in [0.5, 0.6) is 0 Å². The van der Waals surface area contributed by atoms with E-state index in [-0.39, 0.29) is 24.3 Å². The van der Waals surface area contributed by atoms with Crippen molar-refractivity contribution in [1.82, 2.24) is 4.90 Å². The molecule has 120 valence electrons. The number of rotatable bonds is 8. The van der Waals surface area contributed by atoms with E-state index >= 15 is 0 Å². The van der Waals surface area contributed by atoms with E-state index in [0.717, 1.165) is 11.3 Å². The van der Waals surface area contributed by atoms with Crippen molar-refractivity contribution in [2.24, 2.45) is 17.1 Å². The molecule has 6 heteroatoms. The predicted molar refractivity (Wildman–Crippen MR) is 74.2 cm³/mol. The largest absolute Gasteiger partial charge is 0.406 e. The summed E-state index contributed by atoms with van der Waals surface area (Å²) in [6, 6.07) is 0. The summed E-state index contributed by atoms with van der Waals surface area (Å²) >= 11 is 0. The first kappa shape index (κ1) is 19.2. The Bertz CT molecular complexity index is 301. The number of hydrogen-bond donors (Lipinski definition) is 1. The molecule has 0 heterocycles. The van der Waals surface area contributed by atoms with Crippen LogP contribution < -0.4 is 5.73 Å². The van der Waals surface area contributed by atoms with Gasteiger partial charge in [-0.25, -0.2) is 0 Å². The molecule has 0 aromatic carbocycles. The van der Waals surface area contributed by atoms with Gasteiger partial charge >= 0.3 is 6.18 Å². The standard InChI is InChI=1S/C14H27F3N2O/c1-11(2)9-19(10-14(15,16)17)12(20)5-6-13(3,4)7-8-18/h11H,5-10,18H2,1-4H3. The zero-order chi connectivity index (χ0) is 16.0. The summed E-state index contributed by atoms with van der Waals surface area (Å²) in [7, 11) is 0. The Balaban J connectivity index is 4.55. The first-order valence-electron chi connectivity index (χ1n) is 7.01. The zero-order valence-corrected chi connectivity index (χ0v) is 12.9. The van der Waals surface area contributed by atoms with E-state index in [1.54, 1.807) is 13.8 Å². The van der Waals surface area contributed by atoms with Gasteiger partial charge in [-0.05, 0) is 30.7 Å². The van der Waals surface area contributed by atoms with Crippen molar-refractivity contribution >= 4 is 5.91 Å². The quantitative estimate of drug-likeness (QED) is 0.747. The van der Waals surface area contributed by atoms with Gasteiger partial charge in [-0.3, -0.25) is 4.79 Å². The van der Waals surface area contributed by atoms with Crippen LogP contribution >= 0.6 is 0 Å². The van der Waals surface area contributed by atoms with Gasteiger partial charge < -0.3 is 10.6 Å². The average Bonchev–Trinajstić information content (AvgIpc) is 2.22. The fraction of sp³-hybridized carbons (Fsp3) is 0.929. The van der Waals surface area contributed by atoms with E-state index in [1.807, 2.05) is 13.8 Å². The van der Waals surface area contributed by atoms with Crippen LogP contribution in [0.1, 0.15) is 47.0 Å². The number of carbonyl (C=O) groups is 1. The Morgan fingerprint density at radius 1 is 1.20 bits per heavy atom. The van der Waals surface area contributed by atoms with Gasteiger partial charge in [-0.15, -0.1) is 0 Å². The molecule has 0 fully saturated rings. The Morgan fingerprint density at radius 2 is 1.75 bits per heavy atom. The predicted octanol–water partition coefficient (Wildman–Crippen LogP) is 3.19. The van der Waals surface area contributed by atoms with E-state index in [0.29, 0.717) is 13.0 Å². The third-order valence-electron chi connectivity index (χ3n) is 3.15. The summed E-state index contributed by atoms with van der Waals surface area (Å²) in [6.07, 6.45) is -2.91. The highest BCUT2D eigenvalue weighted by Crippen LogP contribution is 2.27. The van der Waals surface area contributed by atoms with Gasteiger partial charge in [-0.1, -0.05) is 27.7 Å². The molecule has 0 atom stereocenters. The summed E-state index contributed by atoms with van der Waals surface area (Å²) < 4.78 is 37.5. The Morgan fingerprint density at radius 3 is 2.15 bits per heavy atom. The van der Waals surface area contributed by atoms with Crippen LogP contribution in [-0.2, 0) is 4.79 Å². The molecule has 0 bridgehead atoms. The number of amides is 1. The van der Waals surface area contributed by atoms with Crippen LogP contribution in [0.2, 0.25) is 0 Å². The SMILES string of the molecule is CC(C)CN(CC(F)(F)F)C(=O)CCC(C)(C)CCN. The molecule has 1 amide bonds. The minimum atomic E-state index is -4.35. The first-order valence-corrected chi connectivity index (χ1v) is 7.01. The van der Waals surface area contributed by atoms with E-state index in [2.05, 4.69) is 0 Å². The lowest BCUT2D eigenvalue weighted by molar-refractivity contribution is -0.162. The highest BCUT2D eigenvalue weighted by Gasteiger charge is 2.33. The number of nitrogens with two attached hydrogens (primary N) is 1. The van der Waals surface area contributed by atoms with Crippen LogP contribution in [0.25, 0.3) is 0 Å². The molecule has 0 saturated heterocycles. The third kappa shape index (κ3) is 9.18. The lowest BCUT2D eigenvalue weighted by atomic mass is 9.84. The van der Waals surface area contributed by atoms with Gasteiger partial charge in [0.05, 0.1) is 0 Å². The number of nitrogens with zero attached hydrogens (tertiary/aromatic N) is 1. The Labute approximate surface area is 119 Å². The fourth-order valence-electron chi connectivity index (χ4n) is 2.03. The number of halogens is 3. The number of carbonyl (C=O) groups excluding carboxylic acids is 1. The molecule has 3 nitrogen and oxygen atoms in total. The van der Waals surface area contributed by atoms with E-state index < -0.39 is 18.6 Å². The maximum Gasteiger partial charge on any atom is 0.406 e. The molecule has 0 unspecified atom stereocenters. The second-order valence-electron chi connectivity index (χ2n) is 6.49. The second-order valence-corrected chi connectivity index (χ2v) is 6.49. The molecule has 0 aliphatic carbocycles. The summed E-state index contributed by atoms with van der Waals surface area (Å²) in [5.41, 5.74) is 5.37. The molecule has 0 radical (unpaired) electrons. The summed E-state index contributed by atoms with van der Waals surface area (Å²) in [6.45, 7) is 7.04. The maximum absolute atomic E-state index is 12.5. The molecular weight excluding hydrogens is 269 g/mol. The minimum Gasteiger partial charge on any atom is -0.333 e. The zero-order valence-electron chi connectivity index (χ0n) is 12.9. The smallest absolute Gasteiger partial charge is 0.333 e. The van der Waals surface area contributed by atoms with Crippen LogP contribution in [0.15, 0.2) is 0 Å². The summed E-state index contributed by atoms with van der Waals surface area (Å²) in [5, 5.41) is 0. The normalized spacial score (nSPS) is 12.8. The third-order valence-corrected chi connectivity index (χ3v) is 3.15. The molecule has 0 aromatic rings. The lowest BCUT2D eigenvalue weighted by Crippen LogP contribution is -2.41. The van der Waals surface area contributed by atoms with Crippen molar-refractivity contribution in [3.05, 3.63) is 0 Å². The molecule has 0 aliphatic heterocycles. The van der Waals surface area contributed by atoms with E-state index in [9.17, 15) is 18.0 Å². The van der Waals surface area contributed by atoms with Crippen molar-refractivity contribution in [3.8, 4) is 0 Å². The highest BCUT2D eigenvalue weighted by atomic mass is 19.4. The first-order chi connectivity index (χ1) is 8.97. The topological polar surface area (TPSA) is 46.3 Å². The van der Waals surface area contributed by atoms with Gasteiger partial charge in [0, 0.05) is 13.0 Å². The maximum atomic E-state index is 12.5. The number of alkyl halides is 3. The molecule has 0 aliphatic rings. The average molecular weight is 296 g/mol. The van der Waals surface area contributed by atoms with Gasteiger partial charge in [-0.2, -0.15) is 13.2 Å². The van der Waals surface area contributed by atoms with Crippen molar-refractivity contribution < 1.29 is 18.0 Å². The summed E-state index contributed by atoms with van der Waals surface area (Å²) in [4.78, 5) is 12.9. The van der Waals surface area contributed by atoms with Gasteiger partial charge in [0.25, 0.3) is 0 Å². The van der Waals surface area contributed by atoms with Crippen LogP contribution in [-0.4, -0.2) is 36.6 Å². The molecule has 0 aromatic heterocycles. The van der Waals surface area contributed by atoms with E-state index in [1.165, 1.54) is 0 Å². The molecule has 0 spiro atoms. The molecule has 0 rings (SSSR count). The van der Waals surface area contributed by atoms with Crippen LogP contribution in [0.3, 0.4) is 0 Å². The lowest BCUT2D eigenvalue weighted by Gasteiger charge is -2.28. The van der Waals surface area contributed by atoms with E-state index in [4.69, 9.17) is 5.73 Å². The minimum absolute atomic E-state index is 0.0124. The van der Waals surface area contributed by atoms with Gasteiger partial charge in [0.2, 0.25) is 5.91 Å². The van der Waals surface area contributed by atoms with Crippen molar-refractivity contribution in [3.63, 3.8) is 0 Å². The highest BCUT2D eigenvalue weighted by molar-refractivity contribution is 5.76. The summed E-state index contributed by atoms with van der Waals surface area (Å²) in [5.74, 6) is -0.417. The Kier molecular flexibility index (Phi) is 7.55. The molecule has 0 saturated carbocycles. The molecule has 20 heavy (non-hydrogen) atoms. The Hall–Kier alpha value is -0.780. The van der Waals surface area contributed by atoms with Crippen LogP contribution in [0.4, 0.5) is 13.2 Å². The van der Waals surface area contributed by atoms with Crippen LogP contribution in [0, 0.1) is 11.3 Å². The monoisotopic (exact) mass is 296 g/mol. The van der Waals surface area contributed by atoms with Crippen molar-refractivity contribution in [2.75, 3.05) is 19.6 Å². The van der Waals surface area contributed by atoms with Crippen molar-refractivity contribution in [2.45, 2.75) is 53.1 Å². The molecule has 2 N–H and O–H groups in total. The molecular formula is C14H27F3N2O.